The molecule has 9 heteroatoms. The summed E-state index contributed by atoms with van der Waals surface area (Å²) in [6.07, 6.45) is 3.43. The highest BCUT2D eigenvalue weighted by molar-refractivity contribution is 7.92. The lowest BCUT2D eigenvalue weighted by Gasteiger charge is -2.34. The Morgan fingerprint density at radius 3 is 2.64 bits per heavy atom. The topological polar surface area (TPSA) is 88.2 Å². The van der Waals surface area contributed by atoms with Crippen LogP contribution in [0.2, 0.25) is 0 Å². The molecule has 1 amide bonds. The molecule has 1 saturated heterocycles. The van der Waals surface area contributed by atoms with Crippen LogP contribution in [0.4, 0.5) is 5.69 Å². The number of aromatic nitrogens is 1. The van der Waals surface area contributed by atoms with Crippen LogP contribution in [0.25, 0.3) is 10.6 Å². The molecule has 2 aromatic rings. The van der Waals surface area contributed by atoms with Crippen molar-refractivity contribution in [3.8, 4) is 10.6 Å². The number of nitrogens with one attached hydrogen (secondary N) is 2. The van der Waals surface area contributed by atoms with Crippen LogP contribution in [0.15, 0.2) is 35.8 Å². The third-order valence-electron chi connectivity index (χ3n) is 4.33. The summed E-state index contributed by atoms with van der Waals surface area (Å²) in [6.45, 7) is 1.03. The minimum Gasteiger partial charge on any atom is -0.325 e. The summed E-state index contributed by atoms with van der Waals surface area (Å²) in [5.74, 6) is -0.456. The van der Waals surface area contributed by atoms with Crippen LogP contribution in [0.3, 0.4) is 0 Å². The summed E-state index contributed by atoms with van der Waals surface area (Å²) >= 11 is 1.51. The van der Waals surface area contributed by atoms with Crippen molar-refractivity contribution in [2.24, 2.45) is 0 Å². The second-order valence-electron chi connectivity index (χ2n) is 5.89. The molecule has 1 aromatic heterocycles. The molecule has 0 unspecified atom stereocenters. The van der Waals surface area contributed by atoms with Crippen LogP contribution in [-0.4, -0.2) is 43.4 Å². The number of hydrogen-bond acceptors (Lipinski definition) is 6. The van der Waals surface area contributed by atoms with Gasteiger partial charge in [0.2, 0.25) is 5.91 Å². The van der Waals surface area contributed by atoms with Gasteiger partial charge in [-0.1, -0.05) is 12.1 Å². The highest BCUT2D eigenvalue weighted by Crippen LogP contribution is 2.30. The van der Waals surface area contributed by atoms with Crippen molar-refractivity contribution in [1.29, 1.82) is 0 Å². The highest BCUT2D eigenvalue weighted by Gasteiger charge is 2.48. The van der Waals surface area contributed by atoms with E-state index in [2.05, 4.69) is 15.6 Å². The third kappa shape index (κ3) is 4.03. The maximum atomic E-state index is 12.8. The number of carbonyl (C=O) groups excluding carboxylic acids is 1. The quantitative estimate of drug-likeness (QED) is 0.820. The molecule has 25 heavy (non-hydrogen) atoms. The van der Waals surface area contributed by atoms with E-state index in [4.69, 9.17) is 0 Å². The molecule has 0 spiro atoms. The molecule has 1 aliphatic rings. The first kappa shape index (κ1) is 19.8. The van der Waals surface area contributed by atoms with Gasteiger partial charge >= 0.3 is 0 Å². The number of nitrogens with zero attached hydrogens (tertiary/aromatic N) is 1. The molecular formula is C16H20ClN3O3S2. The van der Waals surface area contributed by atoms with Gasteiger partial charge in [0.15, 0.2) is 14.6 Å². The Labute approximate surface area is 157 Å². The molecule has 0 aliphatic carbocycles. The highest BCUT2D eigenvalue weighted by atomic mass is 35.5. The molecule has 3 rings (SSSR count). The number of piperidine rings is 1. The minimum atomic E-state index is -3.52. The number of rotatable bonds is 4. The van der Waals surface area contributed by atoms with E-state index in [0.717, 1.165) is 16.8 Å². The molecule has 1 aromatic carbocycles. The van der Waals surface area contributed by atoms with Crippen molar-refractivity contribution < 1.29 is 13.2 Å². The van der Waals surface area contributed by atoms with Gasteiger partial charge in [-0.25, -0.2) is 13.4 Å². The lowest BCUT2D eigenvalue weighted by atomic mass is 9.95. The van der Waals surface area contributed by atoms with Gasteiger partial charge < -0.3 is 10.6 Å². The Balaban J connectivity index is 0.00000225. The summed E-state index contributed by atoms with van der Waals surface area (Å²) in [5, 5.41) is 8.63. The normalized spacial score (nSPS) is 16.7. The van der Waals surface area contributed by atoms with Crippen molar-refractivity contribution in [1.82, 2.24) is 10.3 Å². The molecule has 2 N–H and O–H groups in total. The van der Waals surface area contributed by atoms with Crippen LogP contribution in [0.5, 0.6) is 0 Å². The van der Waals surface area contributed by atoms with Gasteiger partial charge in [-0.3, -0.25) is 4.79 Å². The van der Waals surface area contributed by atoms with E-state index in [0.29, 0.717) is 18.8 Å². The smallest absolute Gasteiger partial charge is 0.245 e. The molecule has 0 atom stereocenters. The molecule has 1 aliphatic heterocycles. The first-order valence-electron chi connectivity index (χ1n) is 7.64. The SMILES string of the molecule is CS(=O)(=O)C1(C(=O)Nc2cccc(-c3nccs3)c2)CCNCC1.Cl. The molecule has 136 valence electrons. The Morgan fingerprint density at radius 1 is 1.32 bits per heavy atom. The van der Waals surface area contributed by atoms with E-state index in [9.17, 15) is 13.2 Å². The Hall–Kier alpha value is -1.48. The monoisotopic (exact) mass is 401 g/mol. The van der Waals surface area contributed by atoms with Gasteiger partial charge in [0.05, 0.1) is 0 Å². The van der Waals surface area contributed by atoms with E-state index >= 15 is 0 Å². The lowest BCUT2D eigenvalue weighted by Crippen LogP contribution is -2.55. The zero-order chi connectivity index (χ0) is 17.2. The molecule has 1 fully saturated rings. The van der Waals surface area contributed by atoms with Crippen molar-refractivity contribution in [2.45, 2.75) is 17.6 Å². The van der Waals surface area contributed by atoms with Gasteiger partial charge in [0.1, 0.15) is 5.01 Å². The summed E-state index contributed by atoms with van der Waals surface area (Å²) in [4.78, 5) is 17.1. The summed E-state index contributed by atoms with van der Waals surface area (Å²) in [7, 11) is -3.52. The van der Waals surface area contributed by atoms with Crippen LogP contribution in [0.1, 0.15) is 12.8 Å². The van der Waals surface area contributed by atoms with Gasteiger partial charge in [-0.15, -0.1) is 23.7 Å². The largest absolute Gasteiger partial charge is 0.325 e. The second kappa shape index (κ2) is 7.82. The molecule has 2 heterocycles. The molecule has 0 bridgehead atoms. The molecule has 0 saturated carbocycles. The Morgan fingerprint density at radius 2 is 2.04 bits per heavy atom. The van der Waals surface area contributed by atoms with E-state index in [1.807, 2.05) is 23.6 Å². The Kier molecular flexibility index (Phi) is 6.21. The van der Waals surface area contributed by atoms with Gasteiger partial charge in [-0.05, 0) is 38.1 Å². The molecule has 0 radical (unpaired) electrons. The van der Waals surface area contributed by atoms with Crippen LogP contribution in [0, 0.1) is 0 Å². The third-order valence-corrected chi connectivity index (χ3v) is 7.17. The first-order valence-corrected chi connectivity index (χ1v) is 10.4. The Bertz CT molecular complexity index is 832. The van der Waals surface area contributed by atoms with Gasteiger partial charge in [0.25, 0.3) is 0 Å². The van der Waals surface area contributed by atoms with Crippen molar-refractivity contribution >= 4 is 45.2 Å². The number of halogens is 1. The van der Waals surface area contributed by atoms with E-state index in [-0.39, 0.29) is 25.2 Å². The summed E-state index contributed by atoms with van der Waals surface area (Å²) in [5.41, 5.74) is 1.47. The number of hydrogen-bond donors (Lipinski definition) is 2. The number of carbonyl (C=O) groups is 1. The number of sulfone groups is 1. The van der Waals surface area contributed by atoms with Crippen molar-refractivity contribution in [3.05, 3.63) is 35.8 Å². The van der Waals surface area contributed by atoms with Crippen LogP contribution >= 0.6 is 23.7 Å². The number of benzene rings is 1. The lowest BCUT2D eigenvalue weighted by molar-refractivity contribution is -0.119. The average Bonchev–Trinajstić information content (AvgIpc) is 3.09. The van der Waals surface area contributed by atoms with E-state index < -0.39 is 20.5 Å². The second-order valence-corrected chi connectivity index (χ2v) is 9.11. The number of thiazole rings is 1. The average molecular weight is 402 g/mol. The maximum Gasteiger partial charge on any atom is 0.245 e. The summed E-state index contributed by atoms with van der Waals surface area (Å²) < 4.78 is 23.2. The predicted molar refractivity (Wildman–Crippen MR) is 103 cm³/mol. The van der Waals surface area contributed by atoms with Gasteiger partial charge in [0, 0.05) is 29.1 Å². The first-order chi connectivity index (χ1) is 11.4. The molecule has 6 nitrogen and oxygen atoms in total. The predicted octanol–water partition coefficient (Wildman–Crippen LogP) is 2.34. The zero-order valence-electron chi connectivity index (χ0n) is 13.7. The van der Waals surface area contributed by atoms with Crippen LogP contribution < -0.4 is 10.6 Å². The van der Waals surface area contributed by atoms with E-state index in [1.165, 1.54) is 11.3 Å². The standard InChI is InChI=1S/C16H19N3O3S2.ClH/c1-24(21,22)16(5-7-17-8-6-16)15(20)19-13-4-2-3-12(11-13)14-18-9-10-23-14;/h2-4,9-11,17H,5-8H2,1H3,(H,19,20);1H. The fourth-order valence-electron chi connectivity index (χ4n) is 2.94. The van der Waals surface area contributed by atoms with Crippen molar-refractivity contribution in [2.75, 3.05) is 24.7 Å². The summed E-state index contributed by atoms with van der Waals surface area (Å²) in [6, 6.07) is 7.30. The fraction of sp³-hybridized carbons (Fsp3) is 0.375. The van der Waals surface area contributed by atoms with E-state index in [1.54, 1.807) is 12.3 Å². The van der Waals surface area contributed by atoms with Crippen molar-refractivity contribution in [3.63, 3.8) is 0 Å². The number of anilines is 1. The molecular weight excluding hydrogens is 382 g/mol. The van der Waals surface area contributed by atoms with Crippen LogP contribution in [-0.2, 0) is 14.6 Å². The van der Waals surface area contributed by atoms with Gasteiger partial charge in [-0.2, -0.15) is 0 Å². The fourth-order valence-corrected chi connectivity index (χ4v) is 4.91. The maximum absolute atomic E-state index is 12.8. The number of amides is 1. The minimum absolute atomic E-state index is 0. The zero-order valence-corrected chi connectivity index (χ0v) is 16.1.